The van der Waals surface area contributed by atoms with Crippen LogP contribution < -0.4 is 4.89 Å². The van der Waals surface area contributed by atoms with Crippen molar-refractivity contribution in [3.63, 3.8) is 0 Å². The Morgan fingerprint density at radius 2 is 1.20 bits per heavy atom. The Kier molecular flexibility index (Phi) is 29.8. The summed E-state index contributed by atoms with van der Waals surface area (Å²) in [4.78, 5) is 37.2. The van der Waals surface area contributed by atoms with E-state index >= 15 is 0 Å². The maximum Gasteiger partial charge on any atom is 0.306 e. The topological polar surface area (TPSA) is 111 Å². The van der Waals surface area contributed by atoms with Crippen LogP contribution in [0.1, 0.15) is 110 Å². The minimum atomic E-state index is -4.64. The summed E-state index contributed by atoms with van der Waals surface area (Å²) in [5, 5.41) is 0. The summed E-state index contributed by atoms with van der Waals surface area (Å²) >= 11 is 0. The molecule has 0 aliphatic heterocycles. The highest BCUT2D eigenvalue weighted by atomic mass is 31.2. The van der Waals surface area contributed by atoms with Gasteiger partial charge in [-0.2, -0.15) is 0 Å². The van der Waals surface area contributed by atoms with Crippen LogP contribution in [0.5, 0.6) is 0 Å². The first-order valence-electron chi connectivity index (χ1n) is 18.2. The number of rotatable bonds is 31. The van der Waals surface area contributed by atoms with Gasteiger partial charge in [0, 0.05) is 12.8 Å². The molecule has 0 amide bonds. The second-order valence-corrected chi connectivity index (χ2v) is 14.4. The van der Waals surface area contributed by atoms with Gasteiger partial charge in [-0.05, 0) is 51.4 Å². The highest BCUT2D eigenvalue weighted by Gasteiger charge is 2.21. The number of phosphoric acid groups is 1. The molecule has 0 spiro atoms. The van der Waals surface area contributed by atoms with E-state index in [-0.39, 0.29) is 26.1 Å². The minimum absolute atomic E-state index is 0.0495. The number of unbranched alkanes of at least 4 members (excludes halogenated alkanes) is 9. The summed E-state index contributed by atoms with van der Waals surface area (Å²) in [5.74, 6) is -0.944. The fourth-order valence-electron chi connectivity index (χ4n) is 4.21. The normalized spacial score (nSPS) is 14.7. The van der Waals surface area contributed by atoms with E-state index in [9.17, 15) is 19.0 Å². The molecule has 0 aromatic heterocycles. The molecule has 0 saturated carbocycles. The van der Waals surface area contributed by atoms with Crippen molar-refractivity contribution in [1.82, 2.24) is 0 Å². The number of allylic oxidation sites excluding steroid dienone is 12. The van der Waals surface area contributed by atoms with E-state index in [2.05, 4.69) is 32.1 Å². The molecule has 0 bridgehead atoms. The van der Waals surface area contributed by atoms with Gasteiger partial charge < -0.3 is 27.9 Å². The largest absolute Gasteiger partial charge is 0.756 e. The standard InChI is InChI=1S/C39H66NO8P/c1-6-8-10-12-14-16-18-20-22-24-26-28-30-32-39(42)48-37(36-47-49(43,44)46-34-33-40(3,4)5)35-45-38(41)31-29-27-25-23-21-19-17-15-13-11-9-7-2/h8,10,12,14-18,20,22,24,26,37H,6-7,9,11,13,19,21,23,25,27-36H2,1-5H3/b10-8+,14-12+,17-15+,18-16+,22-20+,26-24+. The fourth-order valence-corrected chi connectivity index (χ4v) is 4.93. The lowest BCUT2D eigenvalue weighted by molar-refractivity contribution is -0.870. The Morgan fingerprint density at radius 3 is 1.84 bits per heavy atom. The number of hydrogen-bond donors (Lipinski definition) is 0. The van der Waals surface area contributed by atoms with Crippen LogP contribution in [-0.2, 0) is 32.7 Å². The number of quaternary nitrogens is 1. The van der Waals surface area contributed by atoms with Gasteiger partial charge in [-0.25, -0.2) is 0 Å². The summed E-state index contributed by atoms with van der Waals surface area (Å²) in [5.41, 5.74) is 0. The van der Waals surface area contributed by atoms with Crippen LogP contribution in [0, 0.1) is 0 Å². The second kappa shape index (κ2) is 31.4. The van der Waals surface area contributed by atoms with Crippen molar-refractivity contribution in [2.24, 2.45) is 0 Å². The number of ether oxygens (including phenoxy) is 2. The van der Waals surface area contributed by atoms with E-state index in [0.717, 1.165) is 44.9 Å². The van der Waals surface area contributed by atoms with Gasteiger partial charge in [0.05, 0.1) is 27.7 Å². The van der Waals surface area contributed by atoms with Gasteiger partial charge in [0.15, 0.2) is 6.10 Å². The van der Waals surface area contributed by atoms with Crippen LogP contribution in [0.3, 0.4) is 0 Å². The van der Waals surface area contributed by atoms with Crippen molar-refractivity contribution in [3.8, 4) is 0 Å². The van der Waals surface area contributed by atoms with Crippen molar-refractivity contribution < 1.29 is 42.1 Å². The predicted octanol–water partition coefficient (Wildman–Crippen LogP) is 8.88. The Bertz CT molecular complexity index is 1070. The Morgan fingerprint density at radius 1 is 0.653 bits per heavy atom. The van der Waals surface area contributed by atoms with Crippen molar-refractivity contribution in [1.29, 1.82) is 0 Å². The van der Waals surface area contributed by atoms with Crippen molar-refractivity contribution in [2.75, 3.05) is 47.5 Å². The second-order valence-electron chi connectivity index (χ2n) is 13.0. The molecule has 2 atom stereocenters. The third-order valence-corrected chi connectivity index (χ3v) is 8.05. The first kappa shape index (κ1) is 46.5. The van der Waals surface area contributed by atoms with Crippen LogP contribution in [0.4, 0.5) is 0 Å². The van der Waals surface area contributed by atoms with E-state index in [1.807, 2.05) is 75.8 Å². The Hall–Kier alpha value is -2.55. The third kappa shape index (κ3) is 35.1. The summed E-state index contributed by atoms with van der Waals surface area (Å²) in [6.07, 6.45) is 36.6. The average molecular weight is 708 g/mol. The number of esters is 2. The van der Waals surface area contributed by atoms with Crippen molar-refractivity contribution in [3.05, 3.63) is 72.9 Å². The molecule has 0 rings (SSSR count). The zero-order chi connectivity index (χ0) is 36.5. The summed E-state index contributed by atoms with van der Waals surface area (Å²) in [6.45, 7) is 3.91. The molecule has 0 aliphatic carbocycles. The number of phosphoric ester groups is 1. The maximum absolute atomic E-state index is 12.5. The highest BCUT2D eigenvalue weighted by molar-refractivity contribution is 7.45. The molecule has 10 heteroatoms. The molecule has 0 radical (unpaired) electrons. The van der Waals surface area contributed by atoms with Gasteiger partial charge >= 0.3 is 11.9 Å². The van der Waals surface area contributed by atoms with Crippen LogP contribution >= 0.6 is 7.82 Å². The molecule has 49 heavy (non-hydrogen) atoms. The van der Waals surface area contributed by atoms with E-state index in [1.165, 1.54) is 19.3 Å². The van der Waals surface area contributed by atoms with E-state index in [0.29, 0.717) is 30.3 Å². The Balaban J connectivity index is 4.64. The van der Waals surface area contributed by atoms with Crippen molar-refractivity contribution >= 4 is 19.8 Å². The van der Waals surface area contributed by atoms with Crippen LogP contribution in [0.2, 0.25) is 0 Å². The lowest BCUT2D eigenvalue weighted by atomic mass is 10.1. The van der Waals surface area contributed by atoms with E-state index < -0.39 is 32.5 Å². The molecular formula is C39H66NO8P. The molecule has 2 unspecified atom stereocenters. The first-order valence-corrected chi connectivity index (χ1v) is 19.7. The number of hydrogen-bond acceptors (Lipinski definition) is 8. The zero-order valence-electron chi connectivity index (χ0n) is 31.1. The smallest absolute Gasteiger partial charge is 0.306 e. The summed E-state index contributed by atoms with van der Waals surface area (Å²) < 4.78 is 33.6. The van der Waals surface area contributed by atoms with Gasteiger partial charge in [0.2, 0.25) is 0 Å². The average Bonchev–Trinajstić information content (AvgIpc) is 3.04. The number of nitrogens with zero attached hydrogens (tertiary/aromatic N) is 1. The van der Waals surface area contributed by atoms with Gasteiger partial charge in [-0.3, -0.25) is 14.2 Å². The lowest BCUT2D eigenvalue weighted by Gasteiger charge is -2.28. The van der Waals surface area contributed by atoms with Gasteiger partial charge in [-0.15, -0.1) is 0 Å². The molecule has 0 aromatic rings. The summed E-state index contributed by atoms with van der Waals surface area (Å²) in [7, 11) is 1.10. The highest BCUT2D eigenvalue weighted by Crippen LogP contribution is 2.38. The van der Waals surface area contributed by atoms with Crippen LogP contribution in [0.25, 0.3) is 0 Å². The molecule has 9 nitrogen and oxygen atoms in total. The molecule has 0 fully saturated rings. The Labute approximate surface area is 298 Å². The summed E-state index contributed by atoms with van der Waals surface area (Å²) in [6, 6.07) is 0. The number of carbonyl (C=O) groups is 2. The molecule has 0 saturated heterocycles. The molecule has 0 N–H and O–H groups in total. The molecule has 0 heterocycles. The molecule has 0 aliphatic rings. The molecule has 0 aromatic carbocycles. The predicted molar refractivity (Wildman–Crippen MR) is 199 cm³/mol. The molecule has 280 valence electrons. The zero-order valence-corrected chi connectivity index (χ0v) is 32.0. The molecular weight excluding hydrogens is 641 g/mol. The van der Waals surface area contributed by atoms with E-state index in [1.54, 1.807) is 0 Å². The van der Waals surface area contributed by atoms with Crippen molar-refractivity contribution in [2.45, 2.75) is 116 Å². The van der Waals surface area contributed by atoms with Gasteiger partial charge in [0.25, 0.3) is 7.82 Å². The quantitative estimate of drug-likeness (QED) is 0.0176. The minimum Gasteiger partial charge on any atom is -0.756 e. The van der Waals surface area contributed by atoms with Gasteiger partial charge in [-0.1, -0.05) is 119 Å². The number of carbonyl (C=O) groups excluding carboxylic acids is 2. The van der Waals surface area contributed by atoms with Crippen LogP contribution in [-0.4, -0.2) is 70.0 Å². The SMILES string of the molecule is CC/C=C/C=C/C=C/C=C/C=C/CCCC(=O)OC(COC(=O)CCCCCCC/C=C/CCCCC)COP(=O)([O-])OCC[N+](C)(C)C. The van der Waals surface area contributed by atoms with E-state index in [4.69, 9.17) is 18.5 Å². The monoisotopic (exact) mass is 707 g/mol. The van der Waals surface area contributed by atoms with Gasteiger partial charge in [0.1, 0.15) is 19.8 Å². The first-order chi connectivity index (χ1) is 23.5. The fraction of sp³-hybridized carbons (Fsp3) is 0.641. The van der Waals surface area contributed by atoms with Crippen LogP contribution in [0.15, 0.2) is 72.9 Å². The number of likely N-dealkylation sites (N-methyl/N-ethyl adjacent to an activating group) is 1. The lowest BCUT2D eigenvalue weighted by Crippen LogP contribution is -2.37. The maximum atomic E-state index is 12.5. The third-order valence-electron chi connectivity index (χ3n) is 7.09.